The average molecular weight is 334 g/mol. The van der Waals surface area contributed by atoms with Crippen LogP contribution in [0.15, 0.2) is 0 Å². The van der Waals surface area contributed by atoms with Gasteiger partial charge in [0.15, 0.2) is 0 Å². The zero-order valence-corrected chi connectivity index (χ0v) is 15.4. The van der Waals surface area contributed by atoms with E-state index in [4.69, 9.17) is 4.74 Å². The van der Waals surface area contributed by atoms with Crippen LogP contribution in [-0.2, 0) is 17.8 Å². The van der Waals surface area contributed by atoms with Gasteiger partial charge in [-0.3, -0.25) is 4.68 Å². The van der Waals surface area contributed by atoms with Crippen molar-refractivity contribution in [1.82, 2.24) is 20.0 Å². The van der Waals surface area contributed by atoms with Crippen LogP contribution >= 0.6 is 0 Å². The molecule has 0 bridgehead atoms. The summed E-state index contributed by atoms with van der Waals surface area (Å²) in [5, 5.41) is 7.90. The van der Waals surface area contributed by atoms with E-state index in [0.29, 0.717) is 25.6 Å². The molecule has 24 heavy (non-hydrogen) atoms. The quantitative estimate of drug-likeness (QED) is 0.795. The molecule has 6 nitrogen and oxygen atoms in total. The summed E-state index contributed by atoms with van der Waals surface area (Å²) in [6.07, 6.45) is 4.79. The number of hydrogen-bond donors (Lipinski definition) is 1. The Hall–Kier alpha value is -1.56. The van der Waals surface area contributed by atoms with Crippen LogP contribution < -0.4 is 5.32 Å². The van der Waals surface area contributed by atoms with E-state index >= 15 is 0 Å². The summed E-state index contributed by atoms with van der Waals surface area (Å²) in [7, 11) is 1.67. The van der Waals surface area contributed by atoms with E-state index in [2.05, 4.69) is 24.3 Å². The normalized spacial score (nSPS) is 18.5. The first-order valence-corrected chi connectivity index (χ1v) is 9.09. The maximum Gasteiger partial charge on any atom is 0.318 e. The van der Waals surface area contributed by atoms with Gasteiger partial charge >= 0.3 is 6.03 Å². The molecule has 1 N–H and O–H groups in total. The Labute approximate surface area is 144 Å². The van der Waals surface area contributed by atoms with Gasteiger partial charge in [-0.25, -0.2) is 4.79 Å². The van der Waals surface area contributed by atoms with Crippen LogP contribution in [0.1, 0.15) is 49.6 Å². The Morgan fingerprint density at radius 3 is 2.62 bits per heavy atom. The Bertz CT molecular complexity index is 602. The molecule has 1 aromatic rings. The Kier molecular flexibility index (Phi) is 4.85. The van der Waals surface area contributed by atoms with Crippen molar-refractivity contribution in [2.75, 3.05) is 20.3 Å². The Balaban J connectivity index is 1.71. The third-order valence-corrected chi connectivity index (χ3v) is 5.54. The number of methoxy groups -OCH3 is 1. The summed E-state index contributed by atoms with van der Waals surface area (Å²) >= 11 is 0. The smallest absolute Gasteiger partial charge is 0.318 e. The molecule has 2 saturated carbocycles. The number of aromatic nitrogens is 2. The van der Waals surface area contributed by atoms with Gasteiger partial charge in [-0.2, -0.15) is 5.10 Å². The molecule has 2 amide bonds. The molecule has 0 spiro atoms. The van der Waals surface area contributed by atoms with Gasteiger partial charge in [0.25, 0.3) is 0 Å². The van der Waals surface area contributed by atoms with E-state index in [1.54, 1.807) is 7.11 Å². The van der Waals surface area contributed by atoms with Gasteiger partial charge in [0.05, 0.1) is 18.8 Å². The predicted octanol–water partition coefficient (Wildman–Crippen LogP) is 2.62. The molecule has 6 heteroatoms. The number of rotatable bonds is 8. The van der Waals surface area contributed by atoms with E-state index in [0.717, 1.165) is 36.3 Å². The van der Waals surface area contributed by atoms with E-state index in [1.807, 2.05) is 16.5 Å². The number of nitrogens with zero attached hydrogens (tertiary/aromatic N) is 3. The van der Waals surface area contributed by atoms with E-state index in [-0.39, 0.29) is 11.6 Å². The molecule has 1 aromatic heterocycles. The number of hydrogen-bond acceptors (Lipinski definition) is 3. The van der Waals surface area contributed by atoms with Crippen LogP contribution in [0.3, 0.4) is 0 Å². The second-order valence-corrected chi connectivity index (χ2v) is 7.24. The minimum absolute atomic E-state index is 0.0412. The van der Waals surface area contributed by atoms with Gasteiger partial charge in [-0.15, -0.1) is 0 Å². The first kappa shape index (κ1) is 17.3. The highest BCUT2D eigenvalue weighted by atomic mass is 16.5. The highest BCUT2D eigenvalue weighted by molar-refractivity contribution is 5.76. The lowest BCUT2D eigenvalue weighted by molar-refractivity contribution is 0.143. The number of carbonyl (C=O) groups is 1. The van der Waals surface area contributed by atoms with Gasteiger partial charge in [0, 0.05) is 37.0 Å². The molecule has 0 unspecified atom stereocenters. The van der Waals surface area contributed by atoms with Crippen molar-refractivity contribution in [3.8, 4) is 0 Å². The minimum Gasteiger partial charge on any atom is -0.383 e. The van der Waals surface area contributed by atoms with Crippen molar-refractivity contribution in [2.45, 2.75) is 65.1 Å². The third kappa shape index (κ3) is 3.43. The number of aryl methyl sites for hydroxylation is 2. The zero-order chi connectivity index (χ0) is 17.3. The topological polar surface area (TPSA) is 59.4 Å². The van der Waals surface area contributed by atoms with Crippen LogP contribution in [0.25, 0.3) is 0 Å². The molecule has 3 rings (SSSR count). The predicted molar refractivity (Wildman–Crippen MR) is 92.9 cm³/mol. The van der Waals surface area contributed by atoms with E-state index in [1.165, 1.54) is 12.8 Å². The Morgan fingerprint density at radius 1 is 1.42 bits per heavy atom. The second-order valence-electron chi connectivity index (χ2n) is 7.24. The molecule has 0 radical (unpaired) electrons. The van der Waals surface area contributed by atoms with Crippen LogP contribution in [-0.4, -0.2) is 46.5 Å². The summed E-state index contributed by atoms with van der Waals surface area (Å²) in [6.45, 7) is 8.77. The number of amides is 2. The minimum atomic E-state index is 0.0412. The Morgan fingerprint density at radius 2 is 2.12 bits per heavy atom. The first-order valence-electron chi connectivity index (χ1n) is 9.09. The molecule has 0 aliphatic heterocycles. The van der Waals surface area contributed by atoms with Gasteiger partial charge in [-0.05, 0) is 52.4 Å². The lowest BCUT2D eigenvalue weighted by Crippen LogP contribution is -2.47. The second kappa shape index (κ2) is 6.75. The summed E-state index contributed by atoms with van der Waals surface area (Å²) < 4.78 is 7.21. The fourth-order valence-corrected chi connectivity index (χ4v) is 3.61. The fraction of sp³-hybridized carbons (Fsp3) is 0.778. The first-order chi connectivity index (χ1) is 11.5. The SMILES string of the molecule is CCn1nc(C)c(CN(CCOC)C(=O)NC2(C3CC3)CC2)c1C. The number of urea groups is 1. The van der Waals surface area contributed by atoms with Crippen LogP contribution in [0.2, 0.25) is 0 Å². The van der Waals surface area contributed by atoms with Gasteiger partial charge in [-0.1, -0.05) is 0 Å². The third-order valence-electron chi connectivity index (χ3n) is 5.54. The lowest BCUT2D eigenvalue weighted by atomic mass is 10.1. The van der Waals surface area contributed by atoms with Crippen molar-refractivity contribution in [3.63, 3.8) is 0 Å². The summed E-state index contributed by atoms with van der Waals surface area (Å²) in [6, 6.07) is 0.0412. The number of ether oxygens (including phenoxy) is 1. The van der Waals surface area contributed by atoms with Crippen LogP contribution in [0, 0.1) is 19.8 Å². The molecule has 0 atom stereocenters. The standard InChI is InChI=1S/C18H30N4O2/c1-5-22-14(3)16(13(2)20-22)12-21(10-11-24-4)17(23)19-18(8-9-18)15-6-7-15/h15H,5-12H2,1-4H3,(H,19,23). The van der Waals surface area contributed by atoms with Gasteiger partial charge in [0.2, 0.25) is 0 Å². The molecule has 2 aliphatic rings. The largest absolute Gasteiger partial charge is 0.383 e. The maximum absolute atomic E-state index is 12.9. The molecule has 1 heterocycles. The average Bonchev–Trinajstić information content (AvgIpc) is 3.45. The van der Waals surface area contributed by atoms with Crippen LogP contribution in [0.4, 0.5) is 4.79 Å². The molecule has 2 aliphatic carbocycles. The number of nitrogens with one attached hydrogen (secondary N) is 1. The van der Waals surface area contributed by atoms with Crippen molar-refractivity contribution in [2.24, 2.45) is 5.92 Å². The highest BCUT2D eigenvalue weighted by Gasteiger charge is 2.55. The van der Waals surface area contributed by atoms with Crippen molar-refractivity contribution in [1.29, 1.82) is 0 Å². The summed E-state index contributed by atoms with van der Waals surface area (Å²) in [5.74, 6) is 0.706. The monoisotopic (exact) mass is 334 g/mol. The molecular weight excluding hydrogens is 304 g/mol. The summed E-state index contributed by atoms with van der Waals surface area (Å²) in [4.78, 5) is 14.8. The highest BCUT2D eigenvalue weighted by Crippen LogP contribution is 2.53. The van der Waals surface area contributed by atoms with Crippen molar-refractivity contribution >= 4 is 6.03 Å². The molecule has 0 aromatic carbocycles. The summed E-state index contributed by atoms with van der Waals surface area (Å²) in [5.41, 5.74) is 3.40. The molecular formula is C18H30N4O2. The number of carbonyl (C=O) groups excluding carboxylic acids is 1. The van der Waals surface area contributed by atoms with Crippen LogP contribution in [0.5, 0.6) is 0 Å². The lowest BCUT2D eigenvalue weighted by Gasteiger charge is -2.26. The van der Waals surface area contributed by atoms with E-state index in [9.17, 15) is 4.79 Å². The molecule has 2 fully saturated rings. The van der Waals surface area contributed by atoms with Gasteiger partial charge < -0.3 is 15.0 Å². The maximum atomic E-state index is 12.9. The zero-order valence-electron chi connectivity index (χ0n) is 15.4. The van der Waals surface area contributed by atoms with E-state index < -0.39 is 0 Å². The van der Waals surface area contributed by atoms with Gasteiger partial charge in [0.1, 0.15) is 0 Å². The van der Waals surface area contributed by atoms with Crippen molar-refractivity contribution in [3.05, 3.63) is 17.0 Å². The molecule has 0 saturated heterocycles. The fourth-order valence-electron chi connectivity index (χ4n) is 3.61. The van der Waals surface area contributed by atoms with Crippen molar-refractivity contribution < 1.29 is 9.53 Å². The molecule has 134 valence electrons.